The molecule has 0 fully saturated rings. The Morgan fingerprint density at radius 3 is 2.82 bits per heavy atom. The van der Waals surface area contributed by atoms with Gasteiger partial charge >= 0.3 is 0 Å². The molecule has 0 saturated carbocycles. The third kappa shape index (κ3) is 3.27. The minimum Gasteiger partial charge on any atom is -0.283 e. The normalized spacial score (nSPS) is 11.3. The number of allylic oxidation sites excluding steroid dienone is 1. The summed E-state index contributed by atoms with van der Waals surface area (Å²) in [4.78, 5) is 32.0. The predicted molar refractivity (Wildman–Crippen MR) is 113 cm³/mol. The molecule has 0 aliphatic rings. The largest absolute Gasteiger partial charge is 0.283 e. The number of benzene rings is 1. The summed E-state index contributed by atoms with van der Waals surface area (Å²) in [6.07, 6.45) is 2.51. The second-order valence-corrected chi connectivity index (χ2v) is 8.10. The fourth-order valence-electron chi connectivity index (χ4n) is 2.85. The van der Waals surface area contributed by atoms with E-state index in [0.29, 0.717) is 32.8 Å². The third-order valence-electron chi connectivity index (χ3n) is 4.27. The minimum absolute atomic E-state index is 0.0970. The van der Waals surface area contributed by atoms with E-state index in [4.69, 9.17) is 0 Å². The first kappa shape index (κ1) is 18.6. The van der Waals surface area contributed by atoms with Crippen LogP contribution in [0.4, 0.5) is 0 Å². The van der Waals surface area contributed by atoms with Crippen LogP contribution in [0.2, 0.25) is 0 Å². The van der Waals surface area contributed by atoms with Crippen molar-refractivity contribution in [3.8, 4) is 0 Å². The molecule has 4 rings (SSSR count). The Hall–Kier alpha value is -2.78. The number of fused-ring (bicyclic) bond motifs is 2. The smallest absolute Gasteiger partial charge is 0.278 e. The van der Waals surface area contributed by atoms with Gasteiger partial charge in [0.25, 0.3) is 11.1 Å². The fourth-order valence-corrected chi connectivity index (χ4v) is 4.74. The molecule has 0 atom stereocenters. The van der Waals surface area contributed by atoms with Gasteiger partial charge in [0.2, 0.25) is 0 Å². The summed E-state index contributed by atoms with van der Waals surface area (Å²) in [5.74, 6) is 0.206. The van der Waals surface area contributed by atoms with Gasteiger partial charge < -0.3 is 0 Å². The van der Waals surface area contributed by atoms with E-state index in [2.05, 4.69) is 21.9 Å². The van der Waals surface area contributed by atoms with Gasteiger partial charge in [-0.2, -0.15) is 4.68 Å². The van der Waals surface area contributed by atoms with E-state index in [1.807, 2.05) is 19.1 Å². The van der Waals surface area contributed by atoms with E-state index < -0.39 is 0 Å². The van der Waals surface area contributed by atoms with E-state index in [1.165, 1.54) is 27.8 Å². The van der Waals surface area contributed by atoms with Gasteiger partial charge in [-0.1, -0.05) is 42.1 Å². The number of nitrogens with zero attached hydrogens (tertiary/aromatic N) is 5. The maximum Gasteiger partial charge on any atom is 0.278 e. The van der Waals surface area contributed by atoms with Crippen molar-refractivity contribution in [3.05, 3.63) is 68.6 Å². The molecule has 9 heteroatoms. The molecule has 0 radical (unpaired) electrons. The summed E-state index contributed by atoms with van der Waals surface area (Å²) in [7, 11) is 0. The Balaban J connectivity index is 1.74. The summed E-state index contributed by atoms with van der Waals surface area (Å²) < 4.78 is 2.86. The van der Waals surface area contributed by atoms with Crippen LogP contribution in [0.5, 0.6) is 0 Å². The Morgan fingerprint density at radius 1 is 1.21 bits per heavy atom. The van der Waals surface area contributed by atoms with E-state index in [0.717, 1.165) is 11.3 Å². The Morgan fingerprint density at radius 2 is 2.04 bits per heavy atom. The molecule has 0 amide bonds. The van der Waals surface area contributed by atoms with E-state index in [9.17, 15) is 9.59 Å². The number of aryl methyl sites for hydroxylation is 1. The lowest BCUT2D eigenvalue weighted by molar-refractivity contribution is 0.634. The summed E-state index contributed by atoms with van der Waals surface area (Å²) in [5.41, 5.74) is 0.240. The van der Waals surface area contributed by atoms with Crippen LogP contribution in [0.15, 0.2) is 57.7 Å². The molecule has 0 spiro atoms. The Kier molecular flexibility index (Phi) is 5.10. The summed E-state index contributed by atoms with van der Waals surface area (Å²) in [5, 5.41) is 9.75. The Labute approximate surface area is 168 Å². The first-order chi connectivity index (χ1) is 13.6. The lowest BCUT2D eigenvalue weighted by atomic mass is 10.2. The molecule has 4 aromatic rings. The number of aromatic nitrogens is 5. The summed E-state index contributed by atoms with van der Waals surface area (Å²) in [6.45, 7) is 6.13. The van der Waals surface area contributed by atoms with Crippen LogP contribution in [0.25, 0.3) is 21.1 Å². The standard InChI is InChI=1S/C19H17N5O2S2/c1-3-9-23-17(25)14-10-12(4-2)28-16(14)20-19(23)27-11-24-18(26)13-7-5-6-8-15(13)21-22-24/h3,5-8,10H,1,4,9,11H2,2H3. The van der Waals surface area contributed by atoms with Crippen LogP contribution < -0.4 is 11.1 Å². The second-order valence-electron chi connectivity index (χ2n) is 6.07. The van der Waals surface area contributed by atoms with Crippen LogP contribution >= 0.6 is 23.1 Å². The number of thioether (sulfide) groups is 1. The highest BCUT2D eigenvalue weighted by Crippen LogP contribution is 2.25. The van der Waals surface area contributed by atoms with Gasteiger partial charge in [-0.05, 0) is 24.6 Å². The molecule has 0 aliphatic carbocycles. The Bertz CT molecular complexity index is 1310. The van der Waals surface area contributed by atoms with Crippen LogP contribution in [0.3, 0.4) is 0 Å². The van der Waals surface area contributed by atoms with Crippen molar-refractivity contribution in [2.24, 2.45) is 0 Å². The maximum atomic E-state index is 12.9. The molecule has 0 saturated heterocycles. The van der Waals surface area contributed by atoms with E-state index >= 15 is 0 Å². The zero-order chi connectivity index (χ0) is 19.7. The quantitative estimate of drug-likeness (QED) is 0.275. The van der Waals surface area contributed by atoms with Gasteiger partial charge in [-0.25, -0.2) is 4.98 Å². The van der Waals surface area contributed by atoms with Crippen molar-refractivity contribution in [1.82, 2.24) is 24.5 Å². The maximum absolute atomic E-state index is 12.9. The van der Waals surface area contributed by atoms with E-state index in [-0.39, 0.29) is 17.0 Å². The van der Waals surface area contributed by atoms with Crippen molar-refractivity contribution >= 4 is 44.2 Å². The van der Waals surface area contributed by atoms with Crippen molar-refractivity contribution in [1.29, 1.82) is 0 Å². The highest BCUT2D eigenvalue weighted by molar-refractivity contribution is 7.98. The topological polar surface area (TPSA) is 82.7 Å². The molecule has 28 heavy (non-hydrogen) atoms. The highest BCUT2D eigenvalue weighted by atomic mass is 32.2. The van der Waals surface area contributed by atoms with Crippen LogP contribution in [0, 0.1) is 0 Å². The molecule has 0 aliphatic heterocycles. The average molecular weight is 412 g/mol. The first-order valence-electron chi connectivity index (χ1n) is 8.72. The van der Waals surface area contributed by atoms with Gasteiger partial charge in [-0.15, -0.1) is 23.0 Å². The zero-order valence-corrected chi connectivity index (χ0v) is 16.8. The van der Waals surface area contributed by atoms with Crippen molar-refractivity contribution in [2.75, 3.05) is 0 Å². The van der Waals surface area contributed by atoms with Crippen LogP contribution in [0.1, 0.15) is 11.8 Å². The van der Waals surface area contributed by atoms with Gasteiger partial charge in [0.15, 0.2) is 5.16 Å². The van der Waals surface area contributed by atoms with Crippen LogP contribution in [-0.2, 0) is 18.8 Å². The molecule has 142 valence electrons. The number of hydrogen-bond donors (Lipinski definition) is 0. The molecular weight excluding hydrogens is 394 g/mol. The number of thiophene rings is 1. The van der Waals surface area contributed by atoms with Gasteiger partial charge in [-0.3, -0.25) is 14.2 Å². The summed E-state index contributed by atoms with van der Waals surface area (Å²) in [6, 6.07) is 8.99. The molecule has 3 aromatic heterocycles. The van der Waals surface area contributed by atoms with E-state index in [1.54, 1.807) is 28.8 Å². The molecule has 0 N–H and O–H groups in total. The van der Waals surface area contributed by atoms with Gasteiger partial charge in [0.1, 0.15) is 10.3 Å². The highest BCUT2D eigenvalue weighted by Gasteiger charge is 2.14. The third-order valence-corrected chi connectivity index (χ3v) is 6.39. The lowest BCUT2D eigenvalue weighted by Gasteiger charge is -2.10. The summed E-state index contributed by atoms with van der Waals surface area (Å²) >= 11 is 2.80. The first-order valence-corrected chi connectivity index (χ1v) is 10.5. The molecule has 3 heterocycles. The zero-order valence-electron chi connectivity index (χ0n) is 15.2. The number of rotatable bonds is 6. The molecule has 0 unspecified atom stereocenters. The van der Waals surface area contributed by atoms with Gasteiger partial charge in [0, 0.05) is 11.4 Å². The monoisotopic (exact) mass is 411 g/mol. The average Bonchev–Trinajstić information content (AvgIpc) is 3.14. The van der Waals surface area contributed by atoms with Crippen molar-refractivity contribution < 1.29 is 0 Å². The van der Waals surface area contributed by atoms with Crippen LogP contribution in [-0.4, -0.2) is 24.5 Å². The molecule has 0 bridgehead atoms. The fraction of sp³-hybridized carbons (Fsp3) is 0.211. The molecule has 1 aromatic carbocycles. The van der Waals surface area contributed by atoms with Crippen molar-refractivity contribution in [3.63, 3.8) is 0 Å². The lowest BCUT2D eigenvalue weighted by Crippen LogP contribution is -2.25. The second kappa shape index (κ2) is 7.69. The predicted octanol–water partition coefficient (Wildman–Crippen LogP) is 3.06. The minimum atomic E-state index is -0.221. The SMILES string of the molecule is C=CCn1c(SCn2nnc3ccccc3c2=O)nc2sc(CC)cc2c1=O. The van der Waals surface area contributed by atoms with Crippen molar-refractivity contribution in [2.45, 2.75) is 30.9 Å². The number of hydrogen-bond acceptors (Lipinski definition) is 7. The molecular formula is C19H17N5O2S2. The molecule has 7 nitrogen and oxygen atoms in total. The van der Waals surface area contributed by atoms with Gasteiger partial charge in [0.05, 0.1) is 16.6 Å².